The number of aromatic hydroxyl groups is 1. The maximum Gasteiger partial charge on any atom is 0.257 e. The van der Waals surface area contributed by atoms with E-state index in [2.05, 4.69) is 0 Å². The molecule has 27 heavy (non-hydrogen) atoms. The number of carbonyl (C=O) groups is 2. The van der Waals surface area contributed by atoms with Crippen molar-refractivity contribution in [2.24, 2.45) is 5.73 Å². The van der Waals surface area contributed by atoms with Gasteiger partial charge in [-0.25, -0.2) is 0 Å². The second kappa shape index (κ2) is 9.39. The van der Waals surface area contributed by atoms with Gasteiger partial charge in [0.25, 0.3) is 5.91 Å². The maximum absolute atomic E-state index is 12.5. The number of piperazine rings is 1. The van der Waals surface area contributed by atoms with Crippen molar-refractivity contribution in [1.29, 1.82) is 0 Å². The zero-order valence-corrected chi connectivity index (χ0v) is 15.8. The average molecular weight is 390 g/mol. The number of para-hydroxylation sites is 1. The normalized spacial score (nSPS) is 15.0. The molecule has 0 saturated carbocycles. The van der Waals surface area contributed by atoms with E-state index >= 15 is 0 Å². The third-order valence-electron chi connectivity index (χ3n) is 4.68. The van der Waals surface area contributed by atoms with Gasteiger partial charge in [0.2, 0.25) is 5.91 Å². The summed E-state index contributed by atoms with van der Waals surface area (Å²) in [6, 6.07) is 15.7. The predicted molar refractivity (Wildman–Crippen MR) is 106 cm³/mol. The van der Waals surface area contributed by atoms with Crippen LogP contribution in [0, 0.1) is 0 Å². The quantitative estimate of drug-likeness (QED) is 0.839. The molecule has 0 aromatic heterocycles. The van der Waals surface area contributed by atoms with Gasteiger partial charge in [0.1, 0.15) is 5.75 Å². The highest BCUT2D eigenvalue weighted by Crippen LogP contribution is 2.20. The van der Waals surface area contributed by atoms with Crippen LogP contribution in [0.5, 0.6) is 5.75 Å². The van der Waals surface area contributed by atoms with Crippen LogP contribution in [0.25, 0.3) is 0 Å². The molecule has 7 heteroatoms. The third-order valence-corrected chi connectivity index (χ3v) is 4.68. The molecule has 0 radical (unpaired) electrons. The smallest absolute Gasteiger partial charge is 0.257 e. The number of benzene rings is 2. The van der Waals surface area contributed by atoms with Crippen LogP contribution in [0.4, 0.5) is 0 Å². The molecule has 1 unspecified atom stereocenters. The van der Waals surface area contributed by atoms with Gasteiger partial charge in [0, 0.05) is 38.6 Å². The fourth-order valence-electron chi connectivity index (χ4n) is 3.12. The van der Waals surface area contributed by atoms with Gasteiger partial charge < -0.3 is 20.6 Å². The lowest BCUT2D eigenvalue weighted by Gasteiger charge is -2.35. The van der Waals surface area contributed by atoms with E-state index in [1.54, 1.807) is 28.0 Å². The summed E-state index contributed by atoms with van der Waals surface area (Å²) >= 11 is 0. The van der Waals surface area contributed by atoms with Gasteiger partial charge in [-0.1, -0.05) is 42.5 Å². The zero-order chi connectivity index (χ0) is 18.5. The first kappa shape index (κ1) is 20.7. The van der Waals surface area contributed by atoms with E-state index in [-0.39, 0.29) is 42.4 Å². The Morgan fingerprint density at radius 3 is 2.11 bits per heavy atom. The number of hydrogen-bond donors (Lipinski definition) is 2. The minimum Gasteiger partial charge on any atom is -0.507 e. The Kier molecular flexibility index (Phi) is 7.21. The van der Waals surface area contributed by atoms with Gasteiger partial charge >= 0.3 is 0 Å². The summed E-state index contributed by atoms with van der Waals surface area (Å²) in [6.45, 7) is 1.83. The molecule has 6 nitrogen and oxygen atoms in total. The van der Waals surface area contributed by atoms with E-state index in [1.165, 1.54) is 6.07 Å². The fraction of sp³-hybridized carbons (Fsp3) is 0.300. The fourth-order valence-corrected chi connectivity index (χ4v) is 3.12. The number of carbonyl (C=O) groups excluding carboxylic acids is 2. The lowest BCUT2D eigenvalue weighted by molar-refractivity contribution is -0.133. The topological polar surface area (TPSA) is 86.9 Å². The third kappa shape index (κ3) is 4.99. The molecule has 2 amide bonds. The Labute approximate surface area is 165 Å². The van der Waals surface area contributed by atoms with E-state index in [0.29, 0.717) is 31.7 Å². The van der Waals surface area contributed by atoms with E-state index < -0.39 is 0 Å². The molecule has 1 heterocycles. The molecular weight excluding hydrogens is 366 g/mol. The Morgan fingerprint density at radius 2 is 1.48 bits per heavy atom. The van der Waals surface area contributed by atoms with Gasteiger partial charge in [0.15, 0.2) is 0 Å². The molecule has 1 atom stereocenters. The van der Waals surface area contributed by atoms with Crippen molar-refractivity contribution in [3.8, 4) is 5.75 Å². The van der Waals surface area contributed by atoms with Crippen LogP contribution in [0.15, 0.2) is 54.6 Å². The molecule has 0 spiro atoms. The summed E-state index contributed by atoms with van der Waals surface area (Å²) in [5.74, 6) is -0.239. The van der Waals surface area contributed by atoms with Gasteiger partial charge in [0.05, 0.1) is 5.56 Å². The van der Waals surface area contributed by atoms with Gasteiger partial charge in [-0.05, 0) is 17.7 Å². The van der Waals surface area contributed by atoms with E-state index in [0.717, 1.165) is 5.56 Å². The van der Waals surface area contributed by atoms with Crippen LogP contribution in [-0.2, 0) is 4.79 Å². The van der Waals surface area contributed by atoms with E-state index in [1.807, 2.05) is 30.3 Å². The molecule has 1 aliphatic rings. The van der Waals surface area contributed by atoms with Crippen molar-refractivity contribution in [3.63, 3.8) is 0 Å². The van der Waals surface area contributed by atoms with Crippen LogP contribution < -0.4 is 5.73 Å². The molecule has 3 rings (SSSR count). The number of hydrogen-bond acceptors (Lipinski definition) is 4. The lowest BCUT2D eigenvalue weighted by atomic mass is 10.0. The van der Waals surface area contributed by atoms with Crippen LogP contribution >= 0.6 is 12.4 Å². The number of halogens is 1. The molecule has 1 aliphatic heterocycles. The first-order valence-corrected chi connectivity index (χ1v) is 8.72. The van der Waals surface area contributed by atoms with Crippen molar-refractivity contribution in [2.75, 3.05) is 26.2 Å². The molecule has 2 aromatic rings. The standard InChI is InChI=1S/C20H23N3O3.ClH/c21-17(15-6-2-1-3-7-15)14-19(25)22-10-12-23(13-11-22)20(26)16-8-4-5-9-18(16)24;/h1-9,17,24H,10-14,21H2;1H. The number of amides is 2. The summed E-state index contributed by atoms with van der Waals surface area (Å²) < 4.78 is 0. The van der Waals surface area contributed by atoms with Gasteiger partial charge in [-0.15, -0.1) is 12.4 Å². The Bertz CT molecular complexity index is 777. The first-order valence-electron chi connectivity index (χ1n) is 8.72. The van der Waals surface area contributed by atoms with Crippen LogP contribution in [0.2, 0.25) is 0 Å². The highest BCUT2D eigenvalue weighted by atomic mass is 35.5. The molecule has 0 bridgehead atoms. The van der Waals surface area contributed by atoms with Crippen LogP contribution in [0.1, 0.15) is 28.4 Å². The predicted octanol–water partition coefficient (Wildman–Crippen LogP) is 2.19. The first-order chi connectivity index (χ1) is 12.6. The summed E-state index contributed by atoms with van der Waals surface area (Å²) in [7, 11) is 0. The SMILES string of the molecule is Cl.NC(CC(=O)N1CCN(C(=O)c2ccccc2O)CC1)c1ccccc1. The second-order valence-electron chi connectivity index (χ2n) is 6.41. The number of nitrogens with zero attached hydrogens (tertiary/aromatic N) is 2. The van der Waals surface area contributed by atoms with Crippen molar-refractivity contribution >= 4 is 24.2 Å². The highest BCUT2D eigenvalue weighted by molar-refractivity contribution is 5.97. The Balaban J connectivity index is 0.00000261. The minimum absolute atomic E-state index is 0. The minimum atomic E-state index is -0.329. The lowest BCUT2D eigenvalue weighted by Crippen LogP contribution is -2.51. The van der Waals surface area contributed by atoms with Crippen LogP contribution in [0.3, 0.4) is 0 Å². The number of phenolic OH excluding ortho intramolecular Hbond substituents is 1. The summed E-state index contributed by atoms with van der Waals surface area (Å²) in [6.07, 6.45) is 0.247. The molecule has 1 fully saturated rings. The number of rotatable bonds is 4. The van der Waals surface area contributed by atoms with Crippen molar-refractivity contribution < 1.29 is 14.7 Å². The maximum atomic E-state index is 12.5. The van der Waals surface area contributed by atoms with E-state index in [4.69, 9.17) is 5.73 Å². The second-order valence-corrected chi connectivity index (χ2v) is 6.41. The van der Waals surface area contributed by atoms with Crippen molar-refractivity contribution in [2.45, 2.75) is 12.5 Å². The average Bonchev–Trinajstić information content (AvgIpc) is 2.68. The number of nitrogens with two attached hydrogens (primary N) is 1. The van der Waals surface area contributed by atoms with Gasteiger partial charge in [-0.2, -0.15) is 0 Å². The van der Waals surface area contributed by atoms with Crippen molar-refractivity contribution in [3.05, 3.63) is 65.7 Å². The monoisotopic (exact) mass is 389 g/mol. The molecule has 2 aromatic carbocycles. The highest BCUT2D eigenvalue weighted by Gasteiger charge is 2.26. The van der Waals surface area contributed by atoms with Crippen molar-refractivity contribution in [1.82, 2.24) is 9.80 Å². The number of phenols is 1. The zero-order valence-electron chi connectivity index (χ0n) is 15.0. The molecule has 1 saturated heterocycles. The summed E-state index contributed by atoms with van der Waals surface area (Å²) in [5.41, 5.74) is 7.36. The molecule has 144 valence electrons. The summed E-state index contributed by atoms with van der Waals surface area (Å²) in [5, 5.41) is 9.83. The molecule has 3 N–H and O–H groups in total. The summed E-state index contributed by atoms with van der Waals surface area (Å²) in [4.78, 5) is 28.4. The Morgan fingerprint density at radius 1 is 0.926 bits per heavy atom. The van der Waals surface area contributed by atoms with Crippen LogP contribution in [-0.4, -0.2) is 52.9 Å². The van der Waals surface area contributed by atoms with E-state index in [9.17, 15) is 14.7 Å². The largest absolute Gasteiger partial charge is 0.507 e. The molecule has 0 aliphatic carbocycles. The Hall–Kier alpha value is -2.57. The molecular formula is C20H24ClN3O3. The van der Waals surface area contributed by atoms with Gasteiger partial charge in [-0.3, -0.25) is 9.59 Å².